The van der Waals surface area contributed by atoms with Crippen molar-refractivity contribution >= 4 is 17.6 Å². The molecule has 7 heteroatoms. The Bertz CT molecular complexity index is 398. The molecule has 0 atom stereocenters. The van der Waals surface area contributed by atoms with Crippen LogP contribution in [0.5, 0.6) is 0 Å². The molecule has 15 heavy (non-hydrogen) atoms. The van der Waals surface area contributed by atoms with E-state index in [9.17, 15) is 18.0 Å². The molecule has 0 unspecified atom stereocenters. The van der Waals surface area contributed by atoms with Gasteiger partial charge in [0, 0.05) is 5.88 Å². The van der Waals surface area contributed by atoms with Crippen molar-refractivity contribution in [2.75, 3.05) is 0 Å². The molecule has 1 aromatic rings. The molecule has 1 heterocycles. The van der Waals surface area contributed by atoms with Gasteiger partial charge in [0.05, 0.1) is 0 Å². The Hall–Kier alpha value is -1.30. The van der Waals surface area contributed by atoms with E-state index in [-0.39, 0.29) is 11.4 Å². The van der Waals surface area contributed by atoms with Gasteiger partial charge in [0.2, 0.25) is 5.95 Å². The zero-order chi connectivity index (χ0) is 11.6. The van der Waals surface area contributed by atoms with E-state index in [1.165, 1.54) is 0 Å². The lowest BCUT2D eigenvalue weighted by Crippen LogP contribution is -2.08. The Morgan fingerprint density at radius 3 is 2.60 bits per heavy atom. The van der Waals surface area contributed by atoms with Gasteiger partial charge in [0.25, 0.3) is 6.43 Å². The zero-order valence-corrected chi connectivity index (χ0v) is 7.93. The first-order valence-corrected chi connectivity index (χ1v) is 4.27. The van der Waals surface area contributed by atoms with Crippen LogP contribution in [-0.4, -0.2) is 16.1 Å². The average molecular weight is 240 g/mol. The van der Waals surface area contributed by atoms with Gasteiger partial charge in [-0.2, -0.15) is 4.39 Å². The molecule has 1 rings (SSSR count). The highest BCUT2D eigenvalue weighted by molar-refractivity contribution is 6.17. The van der Waals surface area contributed by atoms with Crippen molar-refractivity contribution in [3.63, 3.8) is 0 Å². The van der Waals surface area contributed by atoms with Gasteiger partial charge in [-0.3, -0.25) is 0 Å². The van der Waals surface area contributed by atoms with Gasteiger partial charge in [-0.1, -0.05) is 0 Å². The van der Waals surface area contributed by atoms with E-state index < -0.39 is 29.6 Å². The van der Waals surface area contributed by atoms with E-state index >= 15 is 0 Å². The molecule has 0 bridgehead atoms. The molecule has 0 saturated heterocycles. The van der Waals surface area contributed by atoms with Crippen LogP contribution >= 0.6 is 11.6 Å². The molecule has 0 fully saturated rings. The smallest absolute Gasteiger partial charge is 0.340 e. The SMILES string of the molecule is O=C(O)c1cc(CCl)c(C(F)F)nc1F. The van der Waals surface area contributed by atoms with E-state index in [0.717, 1.165) is 6.07 Å². The fraction of sp³-hybridized carbons (Fsp3) is 0.250. The number of carboxylic acid groups (broad SMARTS) is 1. The van der Waals surface area contributed by atoms with Crippen LogP contribution in [-0.2, 0) is 5.88 Å². The number of nitrogens with zero attached hydrogens (tertiary/aromatic N) is 1. The molecule has 0 aliphatic rings. The van der Waals surface area contributed by atoms with Crippen molar-refractivity contribution in [1.82, 2.24) is 4.98 Å². The van der Waals surface area contributed by atoms with Gasteiger partial charge in [-0.05, 0) is 11.6 Å². The molecule has 0 amide bonds. The van der Waals surface area contributed by atoms with Gasteiger partial charge in [0.15, 0.2) is 0 Å². The Balaban J connectivity index is 3.35. The third kappa shape index (κ3) is 2.38. The number of pyridine rings is 1. The molecule has 0 aromatic carbocycles. The molecule has 3 nitrogen and oxygen atoms in total. The minimum atomic E-state index is -2.99. The number of aromatic carboxylic acids is 1. The van der Waals surface area contributed by atoms with E-state index in [1.54, 1.807) is 0 Å². The number of rotatable bonds is 3. The van der Waals surface area contributed by atoms with Crippen LogP contribution in [0.4, 0.5) is 13.2 Å². The highest BCUT2D eigenvalue weighted by Gasteiger charge is 2.21. The lowest BCUT2D eigenvalue weighted by Gasteiger charge is -2.06. The van der Waals surface area contributed by atoms with Crippen molar-refractivity contribution in [1.29, 1.82) is 0 Å². The number of halogens is 4. The van der Waals surface area contributed by atoms with Crippen LogP contribution in [0.3, 0.4) is 0 Å². The number of aromatic nitrogens is 1. The van der Waals surface area contributed by atoms with Crippen molar-refractivity contribution < 1.29 is 23.1 Å². The molecular formula is C8H5ClF3NO2. The van der Waals surface area contributed by atoms with Gasteiger partial charge < -0.3 is 5.11 Å². The van der Waals surface area contributed by atoms with Crippen LogP contribution in [0.1, 0.15) is 28.0 Å². The summed E-state index contributed by atoms with van der Waals surface area (Å²) in [4.78, 5) is 13.3. The minimum Gasteiger partial charge on any atom is -0.478 e. The molecule has 0 aliphatic carbocycles. The highest BCUT2D eigenvalue weighted by atomic mass is 35.5. The first kappa shape index (κ1) is 11.8. The summed E-state index contributed by atoms with van der Waals surface area (Å²) >= 11 is 5.32. The molecule has 0 saturated carbocycles. The Kier molecular flexibility index (Phi) is 3.52. The Morgan fingerprint density at radius 2 is 2.20 bits per heavy atom. The molecule has 0 aliphatic heterocycles. The molecule has 0 radical (unpaired) electrons. The topological polar surface area (TPSA) is 50.2 Å². The monoisotopic (exact) mass is 239 g/mol. The van der Waals surface area contributed by atoms with E-state index in [2.05, 4.69) is 4.98 Å². The van der Waals surface area contributed by atoms with Crippen molar-refractivity contribution in [2.45, 2.75) is 12.3 Å². The second-order valence-electron chi connectivity index (χ2n) is 2.61. The van der Waals surface area contributed by atoms with Crippen molar-refractivity contribution in [3.05, 3.63) is 28.8 Å². The average Bonchev–Trinajstić information content (AvgIpc) is 2.16. The van der Waals surface area contributed by atoms with Crippen LogP contribution in [0.2, 0.25) is 0 Å². The number of alkyl halides is 3. The predicted octanol–water partition coefficient (Wildman–Crippen LogP) is 2.60. The third-order valence-electron chi connectivity index (χ3n) is 1.67. The van der Waals surface area contributed by atoms with Crippen LogP contribution in [0, 0.1) is 5.95 Å². The summed E-state index contributed by atoms with van der Waals surface area (Å²) in [6, 6.07) is 0.763. The van der Waals surface area contributed by atoms with Crippen molar-refractivity contribution in [2.24, 2.45) is 0 Å². The van der Waals surface area contributed by atoms with Crippen molar-refractivity contribution in [3.8, 4) is 0 Å². The molecule has 1 aromatic heterocycles. The van der Waals surface area contributed by atoms with E-state index in [4.69, 9.17) is 16.7 Å². The summed E-state index contributed by atoms with van der Waals surface area (Å²) in [6.07, 6.45) is -2.99. The first-order chi connectivity index (χ1) is 6.97. The standard InChI is InChI=1S/C8H5ClF3NO2/c9-2-3-1-4(8(14)15)7(12)13-5(3)6(10)11/h1,6H,2H2,(H,14,15). The highest BCUT2D eigenvalue weighted by Crippen LogP contribution is 2.24. The summed E-state index contributed by atoms with van der Waals surface area (Å²) in [5.74, 6) is -3.37. The largest absolute Gasteiger partial charge is 0.478 e. The lowest BCUT2D eigenvalue weighted by molar-refractivity contribution is 0.0689. The minimum absolute atomic E-state index is 0.189. The number of carbonyl (C=O) groups is 1. The van der Waals surface area contributed by atoms with Gasteiger partial charge in [0.1, 0.15) is 11.3 Å². The van der Waals surface area contributed by atoms with Gasteiger partial charge >= 0.3 is 5.97 Å². The maximum atomic E-state index is 12.9. The predicted molar refractivity (Wildman–Crippen MR) is 45.7 cm³/mol. The summed E-state index contributed by atoms with van der Waals surface area (Å²) in [5, 5.41) is 8.50. The second kappa shape index (κ2) is 4.48. The fourth-order valence-electron chi connectivity index (χ4n) is 0.991. The third-order valence-corrected chi connectivity index (χ3v) is 1.96. The maximum absolute atomic E-state index is 12.9. The molecule has 1 N–H and O–H groups in total. The zero-order valence-electron chi connectivity index (χ0n) is 7.18. The van der Waals surface area contributed by atoms with Gasteiger partial charge in [-0.25, -0.2) is 18.6 Å². The second-order valence-corrected chi connectivity index (χ2v) is 2.88. The molecular weight excluding hydrogens is 235 g/mol. The first-order valence-electron chi connectivity index (χ1n) is 3.74. The maximum Gasteiger partial charge on any atom is 0.340 e. The summed E-state index contributed by atoms with van der Waals surface area (Å²) < 4.78 is 37.5. The lowest BCUT2D eigenvalue weighted by atomic mass is 10.1. The van der Waals surface area contributed by atoms with Crippen LogP contribution in [0.25, 0.3) is 0 Å². The van der Waals surface area contributed by atoms with Crippen LogP contribution in [0.15, 0.2) is 6.07 Å². The number of carboxylic acids is 1. The normalized spacial score (nSPS) is 10.7. The summed E-state index contributed by atoms with van der Waals surface area (Å²) in [5.41, 5.74) is -1.78. The summed E-state index contributed by atoms with van der Waals surface area (Å²) in [7, 11) is 0. The number of hydrogen-bond donors (Lipinski definition) is 1. The Labute approximate surface area is 87.5 Å². The Morgan fingerprint density at radius 1 is 1.60 bits per heavy atom. The van der Waals surface area contributed by atoms with Gasteiger partial charge in [-0.15, -0.1) is 11.6 Å². The number of hydrogen-bond acceptors (Lipinski definition) is 2. The van der Waals surface area contributed by atoms with E-state index in [0.29, 0.717) is 0 Å². The molecule has 0 spiro atoms. The molecule has 82 valence electrons. The quantitative estimate of drug-likeness (QED) is 0.652. The fourth-order valence-corrected chi connectivity index (χ4v) is 1.21. The van der Waals surface area contributed by atoms with Crippen LogP contribution < -0.4 is 0 Å². The summed E-state index contributed by atoms with van der Waals surface area (Å²) in [6.45, 7) is 0. The van der Waals surface area contributed by atoms with E-state index in [1.807, 2.05) is 0 Å².